The Labute approximate surface area is 191 Å². The lowest BCUT2D eigenvalue weighted by Gasteiger charge is -2.34. The first-order valence-electron chi connectivity index (χ1n) is 10.6. The number of hydrogen-bond donors (Lipinski definition) is 1. The van der Waals surface area contributed by atoms with Crippen LogP contribution in [0.3, 0.4) is 0 Å². The number of anilines is 2. The highest BCUT2D eigenvalue weighted by Gasteiger charge is 2.33. The second-order valence-corrected chi connectivity index (χ2v) is 10.5. The number of aromatic nitrogens is 1. The SMILES string of the molecule is CC(=O)NCC1CN(c2ccc(-c3ccc(N4CCS(=O)(=O)CC4C)nc3)c(F)c2)C(=O)O1. The van der Waals surface area contributed by atoms with Crippen LogP contribution in [0.5, 0.6) is 0 Å². The van der Waals surface area contributed by atoms with Crippen molar-refractivity contribution in [1.29, 1.82) is 0 Å². The molecule has 9 nitrogen and oxygen atoms in total. The molecule has 0 saturated carbocycles. The fourth-order valence-corrected chi connectivity index (χ4v) is 5.61. The van der Waals surface area contributed by atoms with Gasteiger partial charge in [0.25, 0.3) is 0 Å². The monoisotopic (exact) mass is 476 g/mol. The predicted octanol–water partition coefficient (Wildman–Crippen LogP) is 1.97. The number of nitrogens with one attached hydrogen (secondary N) is 1. The van der Waals surface area contributed by atoms with E-state index in [1.807, 2.05) is 11.8 Å². The van der Waals surface area contributed by atoms with Crippen LogP contribution in [0.15, 0.2) is 36.5 Å². The Bertz CT molecular complexity index is 1170. The van der Waals surface area contributed by atoms with Gasteiger partial charge >= 0.3 is 6.09 Å². The maximum absolute atomic E-state index is 14.9. The highest BCUT2D eigenvalue weighted by Crippen LogP contribution is 2.30. The highest BCUT2D eigenvalue weighted by atomic mass is 32.2. The molecule has 3 heterocycles. The van der Waals surface area contributed by atoms with Crippen molar-refractivity contribution in [3.05, 3.63) is 42.3 Å². The molecule has 1 N–H and O–H groups in total. The fraction of sp³-hybridized carbons (Fsp3) is 0.409. The molecule has 0 radical (unpaired) electrons. The molecule has 4 rings (SSSR count). The van der Waals surface area contributed by atoms with Gasteiger partial charge in [-0.2, -0.15) is 0 Å². The van der Waals surface area contributed by atoms with Gasteiger partial charge in [0.1, 0.15) is 17.7 Å². The summed E-state index contributed by atoms with van der Waals surface area (Å²) in [6.07, 6.45) is 0.450. The van der Waals surface area contributed by atoms with Crippen LogP contribution in [0.1, 0.15) is 13.8 Å². The lowest BCUT2D eigenvalue weighted by atomic mass is 10.1. The molecule has 2 saturated heterocycles. The van der Waals surface area contributed by atoms with Crippen molar-refractivity contribution in [1.82, 2.24) is 10.3 Å². The molecule has 33 heavy (non-hydrogen) atoms. The first-order valence-corrected chi connectivity index (χ1v) is 12.4. The van der Waals surface area contributed by atoms with E-state index in [0.717, 1.165) is 0 Å². The van der Waals surface area contributed by atoms with Crippen LogP contribution in [0.4, 0.5) is 20.7 Å². The van der Waals surface area contributed by atoms with Gasteiger partial charge in [-0.15, -0.1) is 0 Å². The summed E-state index contributed by atoms with van der Waals surface area (Å²) in [7, 11) is -3.03. The van der Waals surface area contributed by atoms with E-state index in [9.17, 15) is 22.4 Å². The summed E-state index contributed by atoms with van der Waals surface area (Å²) < 4.78 is 43.7. The third kappa shape index (κ3) is 5.08. The normalized spacial score (nSPS) is 22.2. The molecule has 2 aliphatic heterocycles. The molecular formula is C22H25FN4O5S. The molecule has 0 spiro atoms. The molecule has 11 heteroatoms. The van der Waals surface area contributed by atoms with Gasteiger partial charge in [-0.3, -0.25) is 9.69 Å². The number of nitrogens with zero attached hydrogens (tertiary/aromatic N) is 3. The molecule has 2 amide bonds. The zero-order valence-corrected chi connectivity index (χ0v) is 19.1. The maximum Gasteiger partial charge on any atom is 0.414 e. The molecule has 0 bridgehead atoms. The third-order valence-electron chi connectivity index (χ3n) is 5.74. The van der Waals surface area contributed by atoms with Crippen molar-refractivity contribution in [2.24, 2.45) is 0 Å². The standard InChI is InChI=1S/C22H25FN4O5S/c1-14-13-33(30,31)8-7-26(14)21-6-3-16(10-25-21)19-5-4-17(9-20(19)23)27-12-18(32-22(27)29)11-24-15(2)28/h3-6,9-10,14,18H,7-8,11-13H2,1-2H3,(H,24,28). The van der Waals surface area contributed by atoms with Gasteiger partial charge in [-0.05, 0) is 37.3 Å². The van der Waals surface area contributed by atoms with Crippen LogP contribution >= 0.6 is 0 Å². The number of cyclic esters (lactones) is 1. The summed E-state index contributed by atoms with van der Waals surface area (Å²) in [5.41, 5.74) is 1.25. The average molecular weight is 477 g/mol. The van der Waals surface area contributed by atoms with Gasteiger partial charge < -0.3 is 15.0 Å². The van der Waals surface area contributed by atoms with E-state index in [-0.39, 0.29) is 36.5 Å². The molecular weight excluding hydrogens is 451 g/mol. The molecule has 2 fully saturated rings. The van der Waals surface area contributed by atoms with Crippen molar-refractivity contribution in [2.75, 3.05) is 40.9 Å². The summed E-state index contributed by atoms with van der Waals surface area (Å²) in [5.74, 6) is 0.0681. The van der Waals surface area contributed by atoms with Gasteiger partial charge in [0.05, 0.1) is 30.3 Å². The van der Waals surface area contributed by atoms with Crippen molar-refractivity contribution in [2.45, 2.75) is 26.0 Å². The second-order valence-electron chi connectivity index (χ2n) is 8.28. The van der Waals surface area contributed by atoms with Gasteiger partial charge in [0.15, 0.2) is 9.84 Å². The van der Waals surface area contributed by atoms with Gasteiger partial charge in [0, 0.05) is 36.8 Å². The molecule has 1 aromatic carbocycles. The summed E-state index contributed by atoms with van der Waals surface area (Å²) in [4.78, 5) is 30.9. The maximum atomic E-state index is 14.9. The Balaban J connectivity index is 1.47. The zero-order chi connectivity index (χ0) is 23.8. The fourth-order valence-electron chi connectivity index (χ4n) is 4.06. The molecule has 2 atom stereocenters. The minimum absolute atomic E-state index is 0.0805. The minimum atomic E-state index is -3.03. The number of hydrogen-bond acceptors (Lipinski definition) is 7. The summed E-state index contributed by atoms with van der Waals surface area (Å²) in [6.45, 7) is 3.99. The number of carbonyl (C=O) groups is 2. The third-order valence-corrected chi connectivity index (χ3v) is 7.54. The molecule has 1 aromatic heterocycles. The Hall–Kier alpha value is -3.21. The van der Waals surface area contributed by atoms with Gasteiger partial charge in [0.2, 0.25) is 5.91 Å². The first kappa shape index (κ1) is 23.0. The Morgan fingerprint density at radius 2 is 2.09 bits per heavy atom. The smallest absolute Gasteiger partial charge is 0.414 e. The highest BCUT2D eigenvalue weighted by molar-refractivity contribution is 7.91. The van der Waals surface area contributed by atoms with E-state index in [1.54, 1.807) is 30.5 Å². The molecule has 2 aliphatic rings. The number of ether oxygens (including phenoxy) is 1. The predicted molar refractivity (Wildman–Crippen MR) is 121 cm³/mol. The number of sulfone groups is 1. The topological polar surface area (TPSA) is 109 Å². The Morgan fingerprint density at radius 3 is 2.73 bits per heavy atom. The van der Waals surface area contributed by atoms with E-state index in [0.29, 0.717) is 29.2 Å². The number of halogens is 1. The van der Waals surface area contributed by atoms with Crippen LogP contribution in [0, 0.1) is 5.82 Å². The zero-order valence-electron chi connectivity index (χ0n) is 18.3. The summed E-state index contributed by atoms with van der Waals surface area (Å²) in [6, 6.07) is 7.78. The van der Waals surface area contributed by atoms with E-state index in [4.69, 9.17) is 4.74 Å². The minimum Gasteiger partial charge on any atom is -0.442 e. The molecule has 0 aliphatic carbocycles. The van der Waals surface area contributed by atoms with Crippen LogP contribution < -0.4 is 15.1 Å². The summed E-state index contributed by atoms with van der Waals surface area (Å²) >= 11 is 0. The van der Waals surface area contributed by atoms with E-state index >= 15 is 0 Å². The van der Waals surface area contributed by atoms with Crippen LogP contribution in [0.25, 0.3) is 11.1 Å². The number of rotatable bonds is 5. The first-order chi connectivity index (χ1) is 15.6. The van der Waals surface area contributed by atoms with Gasteiger partial charge in [-0.1, -0.05) is 0 Å². The quantitative estimate of drug-likeness (QED) is 0.703. The molecule has 2 aromatic rings. The lowest BCUT2D eigenvalue weighted by molar-refractivity contribution is -0.119. The molecule has 2 unspecified atom stereocenters. The van der Waals surface area contributed by atoms with Crippen LogP contribution in [0.2, 0.25) is 0 Å². The van der Waals surface area contributed by atoms with Crippen molar-refractivity contribution in [3.63, 3.8) is 0 Å². The Kier molecular flexibility index (Phi) is 6.24. The largest absolute Gasteiger partial charge is 0.442 e. The summed E-state index contributed by atoms with van der Waals surface area (Å²) in [5, 5.41) is 2.60. The van der Waals surface area contributed by atoms with Crippen molar-refractivity contribution >= 4 is 33.3 Å². The van der Waals surface area contributed by atoms with Crippen LogP contribution in [-0.4, -0.2) is 68.7 Å². The number of carbonyl (C=O) groups excluding carboxylic acids is 2. The lowest BCUT2D eigenvalue weighted by Crippen LogP contribution is -2.47. The Morgan fingerprint density at radius 1 is 1.30 bits per heavy atom. The van der Waals surface area contributed by atoms with E-state index < -0.39 is 27.9 Å². The molecule has 176 valence electrons. The second kappa shape index (κ2) is 8.97. The van der Waals surface area contributed by atoms with Crippen molar-refractivity contribution < 1.29 is 27.1 Å². The average Bonchev–Trinajstić information content (AvgIpc) is 3.12. The van der Waals surface area contributed by atoms with E-state index in [2.05, 4.69) is 10.3 Å². The van der Waals surface area contributed by atoms with Crippen LogP contribution in [-0.2, 0) is 19.4 Å². The van der Waals surface area contributed by atoms with Gasteiger partial charge in [-0.25, -0.2) is 22.6 Å². The van der Waals surface area contributed by atoms with Crippen molar-refractivity contribution in [3.8, 4) is 11.1 Å². The number of amides is 2. The number of pyridine rings is 1. The van der Waals surface area contributed by atoms with E-state index in [1.165, 1.54) is 17.9 Å². The number of benzene rings is 1.